The fraction of sp³-hybridized carbons (Fsp3) is 0.176. The molecule has 10 heteroatoms. The Bertz CT molecular complexity index is 1030. The van der Waals surface area contributed by atoms with Crippen LogP contribution in [0.3, 0.4) is 0 Å². The maximum atomic E-state index is 12.8. The molecule has 2 heterocycles. The van der Waals surface area contributed by atoms with Gasteiger partial charge in [-0.05, 0) is 18.2 Å². The van der Waals surface area contributed by atoms with E-state index in [1.807, 2.05) is 0 Å². The predicted octanol–water partition coefficient (Wildman–Crippen LogP) is 2.57. The van der Waals surface area contributed by atoms with E-state index >= 15 is 0 Å². The molecular formula is C17H15F2N3O4S. The Hall–Kier alpha value is -3.01. The number of carbonyl (C=O) groups is 1. The van der Waals surface area contributed by atoms with E-state index in [0.29, 0.717) is 6.54 Å². The molecule has 0 spiro atoms. The van der Waals surface area contributed by atoms with Crippen LogP contribution in [0, 0.1) is 0 Å². The summed E-state index contributed by atoms with van der Waals surface area (Å²) in [4.78, 5) is 11.6. The lowest BCUT2D eigenvalue weighted by Crippen LogP contribution is -2.29. The summed E-state index contributed by atoms with van der Waals surface area (Å²) in [6.07, 6.45) is 6.50. The number of benzene rings is 1. The number of sulfone groups is 1. The van der Waals surface area contributed by atoms with Crippen LogP contribution in [-0.2, 0) is 16.4 Å². The molecule has 27 heavy (non-hydrogen) atoms. The fourth-order valence-electron chi connectivity index (χ4n) is 2.44. The third-order valence-electron chi connectivity index (χ3n) is 3.79. The molecule has 0 saturated carbocycles. The molecular weight excluding hydrogens is 380 g/mol. The molecule has 3 aromatic rings. The average molecular weight is 395 g/mol. The van der Waals surface area contributed by atoms with E-state index in [4.69, 9.17) is 4.42 Å². The summed E-state index contributed by atoms with van der Waals surface area (Å²) < 4.78 is 55.6. The summed E-state index contributed by atoms with van der Waals surface area (Å²) in [5, 5.41) is 6.67. The number of hydrogen-bond donors (Lipinski definition) is 1. The molecule has 0 saturated heterocycles. The summed E-state index contributed by atoms with van der Waals surface area (Å²) in [6.45, 7) is 0.446. The summed E-state index contributed by atoms with van der Waals surface area (Å²) in [5.41, 5.74) is 1.37. The van der Waals surface area contributed by atoms with Crippen molar-refractivity contribution in [2.24, 2.45) is 0 Å². The van der Waals surface area contributed by atoms with Crippen LogP contribution in [0.2, 0.25) is 0 Å². The van der Waals surface area contributed by atoms with Gasteiger partial charge in [0.1, 0.15) is 0 Å². The van der Waals surface area contributed by atoms with Gasteiger partial charge in [-0.3, -0.25) is 9.48 Å². The molecule has 0 atom stereocenters. The maximum absolute atomic E-state index is 12.8. The summed E-state index contributed by atoms with van der Waals surface area (Å²) in [5.74, 6) is -4.35. The van der Waals surface area contributed by atoms with Crippen molar-refractivity contribution in [3.05, 3.63) is 60.8 Å². The van der Waals surface area contributed by atoms with Crippen LogP contribution in [-0.4, -0.2) is 36.4 Å². The SMILES string of the molecule is O=C(NCCn1cc(-c2ccoc2)cn1)c1ccccc1S(=O)(=O)C(F)F. The first-order valence-electron chi connectivity index (χ1n) is 7.84. The monoisotopic (exact) mass is 395 g/mol. The zero-order valence-corrected chi connectivity index (χ0v) is 14.7. The lowest BCUT2D eigenvalue weighted by molar-refractivity contribution is 0.0948. The Morgan fingerprint density at radius 2 is 2.00 bits per heavy atom. The van der Waals surface area contributed by atoms with Crippen molar-refractivity contribution in [1.82, 2.24) is 15.1 Å². The molecule has 0 fully saturated rings. The van der Waals surface area contributed by atoms with Gasteiger partial charge in [-0.2, -0.15) is 13.9 Å². The van der Waals surface area contributed by atoms with Crippen molar-refractivity contribution in [3.63, 3.8) is 0 Å². The lowest BCUT2D eigenvalue weighted by Gasteiger charge is -2.10. The van der Waals surface area contributed by atoms with Crippen molar-refractivity contribution in [2.75, 3.05) is 6.54 Å². The van der Waals surface area contributed by atoms with Crippen LogP contribution in [0.25, 0.3) is 11.1 Å². The zero-order valence-electron chi connectivity index (χ0n) is 13.9. The minimum Gasteiger partial charge on any atom is -0.472 e. The van der Waals surface area contributed by atoms with Crippen LogP contribution >= 0.6 is 0 Å². The first kappa shape index (κ1) is 18.8. The van der Waals surface area contributed by atoms with Gasteiger partial charge in [0.2, 0.25) is 9.84 Å². The second-order valence-corrected chi connectivity index (χ2v) is 7.45. The van der Waals surface area contributed by atoms with Gasteiger partial charge in [0.25, 0.3) is 5.91 Å². The van der Waals surface area contributed by atoms with Crippen LogP contribution in [0.4, 0.5) is 8.78 Å². The zero-order chi connectivity index (χ0) is 19.4. The van der Waals surface area contributed by atoms with Crippen LogP contribution in [0.15, 0.2) is 64.6 Å². The Balaban J connectivity index is 1.66. The van der Waals surface area contributed by atoms with Crippen molar-refractivity contribution in [1.29, 1.82) is 0 Å². The number of nitrogens with zero attached hydrogens (tertiary/aromatic N) is 2. The topological polar surface area (TPSA) is 94.2 Å². The summed E-state index contributed by atoms with van der Waals surface area (Å²) >= 11 is 0. The van der Waals surface area contributed by atoms with Crippen LogP contribution in [0.5, 0.6) is 0 Å². The quantitative estimate of drug-likeness (QED) is 0.664. The number of alkyl halides is 2. The molecule has 1 amide bonds. The normalized spacial score (nSPS) is 11.7. The van der Waals surface area contributed by atoms with Gasteiger partial charge in [-0.15, -0.1) is 0 Å². The number of nitrogens with one attached hydrogen (secondary N) is 1. The molecule has 0 aliphatic rings. The second kappa shape index (κ2) is 7.70. The number of furan rings is 1. The molecule has 0 bridgehead atoms. The first-order chi connectivity index (χ1) is 12.9. The number of halogens is 2. The predicted molar refractivity (Wildman–Crippen MR) is 91.9 cm³/mol. The van der Waals surface area contributed by atoms with E-state index in [1.54, 1.807) is 29.4 Å². The highest BCUT2D eigenvalue weighted by atomic mass is 32.2. The largest absolute Gasteiger partial charge is 0.472 e. The van der Waals surface area contributed by atoms with E-state index in [1.165, 1.54) is 24.5 Å². The minimum atomic E-state index is -4.87. The lowest BCUT2D eigenvalue weighted by atomic mass is 10.2. The van der Waals surface area contributed by atoms with Crippen LogP contribution in [0.1, 0.15) is 10.4 Å². The van der Waals surface area contributed by atoms with Gasteiger partial charge in [0.15, 0.2) is 0 Å². The number of hydrogen-bond acceptors (Lipinski definition) is 5. The minimum absolute atomic E-state index is 0.133. The van der Waals surface area contributed by atoms with E-state index in [0.717, 1.165) is 17.2 Å². The number of amides is 1. The Kier molecular flexibility index (Phi) is 5.36. The van der Waals surface area contributed by atoms with Crippen molar-refractivity contribution >= 4 is 15.7 Å². The van der Waals surface area contributed by atoms with Gasteiger partial charge >= 0.3 is 5.76 Å². The number of aromatic nitrogens is 2. The first-order valence-corrected chi connectivity index (χ1v) is 9.38. The summed E-state index contributed by atoms with van der Waals surface area (Å²) in [6, 6.07) is 6.65. The fourth-order valence-corrected chi connectivity index (χ4v) is 3.37. The highest BCUT2D eigenvalue weighted by Crippen LogP contribution is 2.22. The molecule has 3 rings (SSSR count). The van der Waals surface area contributed by atoms with Crippen LogP contribution < -0.4 is 5.32 Å². The Morgan fingerprint density at radius 3 is 2.70 bits per heavy atom. The maximum Gasteiger partial charge on any atom is 0.341 e. The van der Waals surface area contributed by atoms with Crippen molar-refractivity contribution < 1.29 is 26.4 Å². The summed E-state index contributed by atoms with van der Waals surface area (Å²) in [7, 11) is -4.87. The molecule has 2 aromatic heterocycles. The standard InChI is InChI=1S/C17H15F2N3O4S/c18-17(19)27(24,25)15-4-2-1-3-14(15)16(23)20-6-7-22-10-13(9-21-22)12-5-8-26-11-12/h1-5,8-11,17H,6-7H2,(H,20,23). The smallest absolute Gasteiger partial charge is 0.341 e. The average Bonchev–Trinajstić information content (AvgIpc) is 3.33. The third-order valence-corrected chi connectivity index (χ3v) is 5.23. The Morgan fingerprint density at radius 1 is 1.22 bits per heavy atom. The van der Waals surface area contributed by atoms with E-state index in [-0.39, 0.29) is 12.1 Å². The van der Waals surface area contributed by atoms with Gasteiger partial charge in [-0.25, -0.2) is 8.42 Å². The molecule has 142 valence electrons. The molecule has 0 aliphatic heterocycles. The molecule has 1 aromatic carbocycles. The van der Waals surface area contributed by atoms with E-state index in [9.17, 15) is 22.0 Å². The Labute approximate surface area is 153 Å². The number of rotatable bonds is 7. The molecule has 0 aliphatic carbocycles. The van der Waals surface area contributed by atoms with Gasteiger partial charge in [-0.1, -0.05) is 12.1 Å². The van der Waals surface area contributed by atoms with E-state index < -0.39 is 26.4 Å². The third kappa shape index (κ3) is 4.05. The number of carbonyl (C=O) groups excluding carboxylic acids is 1. The molecule has 1 N–H and O–H groups in total. The van der Waals surface area contributed by atoms with E-state index in [2.05, 4.69) is 10.4 Å². The van der Waals surface area contributed by atoms with Crippen molar-refractivity contribution in [3.8, 4) is 11.1 Å². The highest BCUT2D eigenvalue weighted by Gasteiger charge is 2.30. The second-order valence-electron chi connectivity index (χ2n) is 5.56. The molecule has 0 radical (unpaired) electrons. The van der Waals surface area contributed by atoms with Crippen molar-refractivity contribution in [2.45, 2.75) is 17.2 Å². The molecule has 0 unspecified atom stereocenters. The molecule has 7 nitrogen and oxygen atoms in total. The van der Waals surface area contributed by atoms with Gasteiger partial charge < -0.3 is 9.73 Å². The highest BCUT2D eigenvalue weighted by molar-refractivity contribution is 7.91. The van der Waals surface area contributed by atoms with Gasteiger partial charge in [0, 0.05) is 23.9 Å². The van der Waals surface area contributed by atoms with Gasteiger partial charge in [0.05, 0.1) is 35.7 Å².